The van der Waals surface area contributed by atoms with E-state index in [1.807, 2.05) is 0 Å². The van der Waals surface area contributed by atoms with Gasteiger partial charge in [0.15, 0.2) is 18.6 Å². The fourth-order valence-corrected chi connectivity index (χ4v) is 3.19. The topological polar surface area (TPSA) is 116 Å². The molecule has 1 aromatic carbocycles. The van der Waals surface area contributed by atoms with Gasteiger partial charge in [-0.2, -0.15) is 0 Å². The minimum atomic E-state index is -0.725. The Morgan fingerprint density at radius 3 is 2.59 bits per heavy atom. The number of nitrogens with zero attached hydrogens (tertiary/aromatic N) is 2. The number of rotatable bonds is 8. The van der Waals surface area contributed by atoms with Crippen LogP contribution in [0.15, 0.2) is 18.2 Å². The standard InChI is InChI=1S/C18H22N2O7/c1-26-17(23)10-19(14-7-3-2-4-8-14)16(22)12-27-15-9-5-6-13(11-21)18(15)20(24)25/h5-6,9,11,14H,2-4,7-8,10,12H2,1H3. The van der Waals surface area contributed by atoms with Crippen molar-refractivity contribution in [3.05, 3.63) is 33.9 Å². The van der Waals surface area contributed by atoms with Gasteiger partial charge in [-0.3, -0.25) is 24.5 Å². The Morgan fingerprint density at radius 1 is 1.30 bits per heavy atom. The molecular formula is C18H22N2O7. The van der Waals surface area contributed by atoms with Crippen molar-refractivity contribution in [3.8, 4) is 5.75 Å². The Labute approximate surface area is 156 Å². The fraction of sp³-hybridized carbons (Fsp3) is 0.500. The van der Waals surface area contributed by atoms with Crippen molar-refractivity contribution in [1.82, 2.24) is 4.90 Å². The van der Waals surface area contributed by atoms with E-state index in [4.69, 9.17) is 4.74 Å². The smallest absolute Gasteiger partial charge is 0.325 e. The molecular weight excluding hydrogens is 356 g/mol. The molecule has 1 aliphatic rings. The molecule has 0 spiro atoms. The number of hydrogen-bond acceptors (Lipinski definition) is 7. The Kier molecular flexibility index (Phi) is 7.27. The first-order valence-corrected chi connectivity index (χ1v) is 8.69. The lowest BCUT2D eigenvalue weighted by atomic mass is 9.94. The SMILES string of the molecule is COC(=O)CN(C(=O)COc1cccc(C=O)c1[N+](=O)[O-])C1CCCCC1. The van der Waals surface area contributed by atoms with Gasteiger partial charge in [0.1, 0.15) is 6.54 Å². The molecule has 1 fully saturated rings. The average Bonchev–Trinajstić information content (AvgIpc) is 2.69. The van der Waals surface area contributed by atoms with Crippen LogP contribution < -0.4 is 4.74 Å². The number of aldehydes is 1. The van der Waals surface area contributed by atoms with E-state index in [0.717, 1.165) is 32.1 Å². The summed E-state index contributed by atoms with van der Waals surface area (Å²) in [6.45, 7) is -0.670. The van der Waals surface area contributed by atoms with Crippen LogP contribution in [0.1, 0.15) is 42.5 Å². The van der Waals surface area contributed by atoms with Crippen LogP contribution in [0.5, 0.6) is 5.75 Å². The van der Waals surface area contributed by atoms with Crippen LogP contribution in [0, 0.1) is 10.1 Å². The molecule has 0 aromatic heterocycles. The highest BCUT2D eigenvalue weighted by atomic mass is 16.6. The van der Waals surface area contributed by atoms with Crippen molar-refractivity contribution in [1.29, 1.82) is 0 Å². The minimum Gasteiger partial charge on any atom is -0.477 e. The van der Waals surface area contributed by atoms with E-state index in [1.165, 1.54) is 30.2 Å². The molecule has 27 heavy (non-hydrogen) atoms. The van der Waals surface area contributed by atoms with Gasteiger partial charge in [-0.05, 0) is 25.0 Å². The number of ether oxygens (including phenoxy) is 2. The summed E-state index contributed by atoms with van der Waals surface area (Å²) in [5.74, 6) is -1.17. The quantitative estimate of drug-likeness (QED) is 0.294. The normalized spacial score (nSPS) is 14.3. The second kappa shape index (κ2) is 9.65. The third-order valence-corrected chi connectivity index (χ3v) is 4.55. The second-order valence-corrected chi connectivity index (χ2v) is 6.25. The van der Waals surface area contributed by atoms with Gasteiger partial charge in [0.2, 0.25) is 0 Å². The summed E-state index contributed by atoms with van der Waals surface area (Å²) >= 11 is 0. The summed E-state index contributed by atoms with van der Waals surface area (Å²) in [7, 11) is 1.25. The van der Waals surface area contributed by atoms with Gasteiger partial charge < -0.3 is 14.4 Å². The van der Waals surface area contributed by atoms with Crippen LogP contribution in [0.2, 0.25) is 0 Å². The van der Waals surface area contributed by atoms with Gasteiger partial charge in [-0.25, -0.2) is 0 Å². The van der Waals surface area contributed by atoms with E-state index in [0.29, 0.717) is 6.29 Å². The van der Waals surface area contributed by atoms with Crippen molar-refractivity contribution in [2.24, 2.45) is 0 Å². The number of nitro groups is 1. The summed E-state index contributed by atoms with van der Waals surface area (Å²) < 4.78 is 10.0. The Bertz CT molecular complexity index is 714. The molecule has 1 aromatic rings. The predicted molar refractivity (Wildman–Crippen MR) is 94.6 cm³/mol. The number of methoxy groups -OCH3 is 1. The molecule has 0 unspecified atom stereocenters. The molecule has 0 heterocycles. The molecule has 1 saturated carbocycles. The molecule has 0 N–H and O–H groups in total. The second-order valence-electron chi connectivity index (χ2n) is 6.25. The molecule has 1 amide bonds. The summed E-state index contributed by atoms with van der Waals surface area (Å²) in [5.41, 5.74) is -0.624. The predicted octanol–water partition coefficient (Wildman–Crippen LogP) is 2.12. The molecule has 146 valence electrons. The first-order chi connectivity index (χ1) is 13.0. The van der Waals surface area contributed by atoms with Crippen LogP contribution in [0.3, 0.4) is 0 Å². The maximum Gasteiger partial charge on any atom is 0.325 e. The average molecular weight is 378 g/mol. The highest BCUT2D eigenvalue weighted by Gasteiger charge is 2.29. The summed E-state index contributed by atoms with van der Waals surface area (Å²) in [4.78, 5) is 47.3. The zero-order valence-corrected chi connectivity index (χ0v) is 15.1. The lowest BCUT2D eigenvalue weighted by Crippen LogP contribution is -2.46. The molecule has 0 saturated heterocycles. The maximum absolute atomic E-state index is 12.7. The Balaban J connectivity index is 2.14. The summed E-state index contributed by atoms with van der Waals surface area (Å²) in [5, 5.41) is 11.2. The summed E-state index contributed by atoms with van der Waals surface area (Å²) in [6.07, 6.45) is 4.93. The lowest BCUT2D eigenvalue weighted by Gasteiger charge is -2.33. The molecule has 9 nitrogen and oxygen atoms in total. The first kappa shape index (κ1) is 20.3. The first-order valence-electron chi connectivity index (χ1n) is 8.69. The van der Waals surface area contributed by atoms with Crippen LogP contribution in [-0.2, 0) is 14.3 Å². The Hall–Kier alpha value is -2.97. The molecule has 1 aliphatic carbocycles. The zero-order chi connectivity index (χ0) is 19.8. The van der Waals surface area contributed by atoms with Gasteiger partial charge in [0.25, 0.3) is 5.91 Å². The largest absolute Gasteiger partial charge is 0.477 e. The number of hydrogen-bond donors (Lipinski definition) is 0. The van der Waals surface area contributed by atoms with Crippen LogP contribution in [-0.4, -0.2) is 54.3 Å². The minimum absolute atomic E-state index is 0.0924. The van der Waals surface area contributed by atoms with Gasteiger partial charge in [0, 0.05) is 6.04 Å². The van der Waals surface area contributed by atoms with E-state index >= 15 is 0 Å². The van der Waals surface area contributed by atoms with Crippen molar-refractivity contribution in [2.75, 3.05) is 20.3 Å². The van der Waals surface area contributed by atoms with E-state index in [1.54, 1.807) is 0 Å². The zero-order valence-electron chi connectivity index (χ0n) is 15.1. The van der Waals surface area contributed by atoms with Crippen molar-refractivity contribution < 1.29 is 28.8 Å². The number of amides is 1. The fourth-order valence-electron chi connectivity index (χ4n) is 3.19. The molecule has 2 rings (SSSR count). The highest BCUT2D eigenvalue weighted by molar-refractivity contribution is 5.85. The molecule has 0 aliphatic heterocycles. The lowest BCUT2D eigenvalue weighted by molar-refractivity contribution is -0.386. The van der Waals surface area contributed by atoms with Crippen LogP contribution >= 0.6 is 0 Å². The van der Waals surface area contributed by atoms with E-state index in [9.17, 15) is 24.5 Å². The highest BCUT2D eigenvalue weighted by Crippen LogP contribution is 2.30. The van der Waals surface area contributed by atoms with Gasteiger partial charge in [0.05, 0.1) is 17.6 Å². The van der Waals surface area contributed by atoms with Crippen LogP contribution in [0.4, 0.5) is 5.69 Å². The van der Waals surface area contributed by atoms with Gasteiger partial charge in [-0.15, -0.1) is 0 Å². The van der Waals surface area contributed by atoms with E-state index < -0.39 is 29.1 Å². The summed E-state index contributed by atoms with van der Waals surface area (Å²) in [6, 6.07) is 3.96. The monoisotopic (exact) mass is 378 g/mol. The van der Waals surface area contributed by atoms with Gasteiger partial charge in [-0.1, -0.05) is 25.3 Å². The number of esters is 1. The molecule has 0 radical (unpaired) electrons. The maximum atomic E-state index is 12.7. The number of benzene rings is 1. The third kappa shape index (κ3) is 5.25. The number of nitro benzene ring substituents is 1. The molecule has 0 atom stereocenters. The van der Waals surface area contributed by atoms with Crippen molar-refractivity contribution in [2.45, 2.75) is 38.1 Å². The van der Waals surface area contributed by atoms with E-state index in [2.05, 4.69) is 4.74 Å². The van der Waals surface area contributed by atoms with Crippen molar-refractivity contribution in [3.63, 3.8) is 0 Å². The molecule has 0 bridgehead atoms. The van der Waals surface area contributed by atoms with Crippen molar-refractivity contribution >= 4 is 23.9 Å². The number of carbonyl (C=O) groups excluding carboxylic acids is 3. The van der Waals surface area contributed by atoms with Crippen LogP contribution in [0.25, 0.3) is 0 Å². The molecule has 9 heteroatoms. The Morgan fingerprint density at radius 2 is 2.00 bits per heavy atom. The van der Waals surface area contributed by atoms with E-state index in [-0.39, 0.29) is 23.9 Å². The number of para-hydroxylation sites is 1. The van der Waals surface area contributed by atoms with Gasteiger partial charge >= 0.3 is 11.7 Å². The number of carbonyl (C=O) groups is 3. The third-order valence-electron chi connectivity index (χ3n) is 4.55.